The monoisotopic (exact) mass is 207 g/mol. The first-order chi connectivity index (χ1) is 7.09. The smallest absolute Gasteiger partial charge is 0.313 e. The minimum atomic E-state index is -0.840. The predicted molar refractivity (Wildman–Crippen MR) is 48.3 cm³/mol. The zero-order valence-electron chi connectivity index (χ0n) is 7.34. The Kier molecular flexibility index (Phi) is 1.93. The van der Waals surface area contributed by atoms with Gasteiger partial charge in [0, 0.05) is 12.2 Å². The number of nitrogens with one attached hydrogen (secondary N) is 1. The SMILES string of the molecule is O=C1C=C2N=CNC(=O)C2C=C1[N+](=O)[O-]. The van der Waals surface area contributed by atoms with E-state index >= 15 is 0 Å². The number of amides is 1. The number of hydrogen-bond acceptors (Lipinski definition) is 5. The van der Waals surface area contributed by atoms with E-state index in [4.69, 9.17) is 0 Å². The number of carbonyl (C=O) groups is 2. The number of fused-ring (bicyclic) bond motifs is 1. The van der Waals surface area contributed by atoms with Crippen molar-refractivity contribution in [1.29, 1.82) is 0 Å². The van der Waals surface area contributed by atoms with E-state index in [1.807, 2.05) is 0 Å². The summed E-state index contributed by atoms with van der Waals surface area (Å²) in [6.45, 7) is 0. The van der Waals surface area contributed by atoms with Gasteiger partial charge in [-0.2, -0.15) is 0 Å². The lowest BCUT2D eigenvalue weighted by Gasteiger charge is -2.18. The molecule has 0 spiro atoms. The minimum absolute atomic E-state index is 0.231. The van der Waals surface area contributed by atoms with Crippen molar-refractivity contribution < 1.29 is 14.5 Å². The van der Waals surface area contributed by atoms with Crippen molar-refractivity contribution in [3.05, 3.63) is 33.7 Å². The number of hydrogen-bond donors (Lipinski definition) is 1. The van der Waals surface area contributed by atoms with Crippen LogP contribution in [-0.2, 0) is 9.59 Å². The molecule has 1 N–H and O–H groups in total. The molecule has 0 aromatic rings. The van der Waals surface area contributed by atoms with Crippen LogP contribution in [0, 0.1) is 16.0 Å². The van der Waals surface area contributed by atoms with Crippen LogP contribution in [0.3, 0.4) is 0 Å². The van der Waals surface area contributed by atoms with Gasteiger partial charge in [-0.25, -0.2) is 4.99 Å². The van der Waals surface area contributed by atoms with Gasteiger partial charge in [0.15, 0.2) is 0 Å². The zero-order valence-corrected chi connectivity index (χ0v) is 7.34. The molecule has 1 atom stereocenters. The molecule has 1 aliphatic carbocycles. The van der Waals surface area contributed by atoms with E-state index in [9.17, 15) is 19.7 Å². The summed E-state index contributed by atoms with van der Waals surface area (Å²) in [4.78, 5) is 35.9. The highest BCUT2D eigenvalue weighted by Crippen LogP contribution is 2.24. The summed E-state index contributed by atoms with van der Waals surface area (Å²) >= 11 is 0. The van der Waals surface area contributed by atoms with Crippen molar-refractivity contribution in [2.45, 2.75) is 0 Å². The third-order valence-electron chi connectivity index (χ3n) is 2.07. The molecule has 0 radical (unpaired) electrons. The molecule has 76 valence electrons. The highest BCUT2D eigenvalue weighted by Gasteiger charge is 2.34. The first-order valence-electron chi connectivity index (χ1n) is 4.04. The highest BCUT2D eigenvalue weighted by atomic mass is 16.6. The second-order valence-electron chi connectivity index (χ2n) is 2.99. The van der Waals surface area contributed by atoms with Crippen LogP contribution in [0.5, 0.6) is 0 Å². The van der Waals surface area contributed by atoms with E-state index in [2.05, 4.69) is 10.3 Å². The Morgan fingerprint density at radius 3 is 2.87 bits per heavy atom. The second kappa shape index (κ2) is 3.12. The maximum absolute atomic E-state index is 11.3. The summed E-state index contributed by atoms with van der Waals surface area (Å²) in [5, 5.41) is 12.8. The molecule has 7 nitrogen and oxygen atoms in total. The van der Waals surface area contributed by atoms with E-state index < -0.39 is 28.2 Å². The Labute approximate surface area is 83.3 Å². The standard InChI is InChI=1S/C8H5N3O4/c12-7-2-5-4(1-6(7)11(14)15)8(13)10-3-9-5/h1-4H,(H,9,10,13). The molecule has 1 unspecified atom stereocenters. The number of rotatable bonds is 1. The van der Waals surface area contributed by atoms with Crippen LogP contribution in [0.1, 0.15) is 0 Å². The van der Waals surface area contributed by atoms with Gasteiger partial charge in [0.1, 0.15) is 5.92 Å². The van der Waals surface area contributed by atoms with Crippen molar-refractivity contribution in [2.24, 2.45) is 10.9 Å². The lowest BCUT2D eigenvalue weighted by atomic mass is 9.95. The summed E-state index contributed by atoms with van der Waals surface area (Å²) in [6.07, 6.45) is 3.18. The van der Waals surface area contributed by atoms with Gasteiger partial charge in [-0.3, -0.25) is 19.7 Å². The molecular formula is C8H5N3O4. The number of carbonyl (C=O) groups excluding carboxylic acids is 2. The molecule has 2 aliphatic rings. The Bertz CT molecular complexity index is 461. The molecule has 0 bridgehead atoms. The van der Waals surface area contributed by atoms with E-state index in [0.717, 1.165) is 18.5 Å². The molecule has 0 fully saturated rings. The maximum Gasteiger partial charge on any atom is 0.313 e. The third kappa shape index (κ3) is 1.43. The Balaban J connectivity index is 2.45. The normalized spacial score (nSPS) is 23.9. The van der Waals surface area contributed by atoms with Crippen molar-refractivity contribution in [3.8, 4) is 0 Å². The first-order valence-corrected chi connectivity index (χ1v) is 4.04. The fraction of sp³-hybridized carbons (Fsp3) is 0.125. The van der Waals surface area contributed by atoms with Gasteiger partial charge >= 0.3 is 5.70 Å². The molecule has 0 aromatic heterocycles. The highest BCUT2D eigenvalue weighted by molar-refractivity contribution is 6.07. The summed E-state index contributed by atoms with van der Waals surface area (Å²) in [5.41, 5.74) is -0.356. The van der Waals surface area contributed by atoms with E-state index in [1.54, 1.807) is 0 Å². The number of ketones is 1. The number of nitro groups is 1. The van der Waals surface area contributed by atoms with Crippen LogP contribution in [-0.4, -0.2) is 23.0 Å². The van der Waals surface area contributed by atoms with Crippen LogP contribution < -0.4 is 5.32 Å². The topological polar surface area (TPSA) is 102 Å². The van der Waals surface area contributed by atoms with E-state index in [1.165, 1.54) is 0 Å². The van der Waals surface area contributed by atoms with Crippen molar-refractivity contribution in [1.82, 2.24) is 5.32 Å². The summed E-state index contributed by atoms with van der Waals surface area (Å²) in [6, 6.07) is 0. The van der Waals surface area contributed by atoms with Gasteiger partial charge in [0.2, 0.25) is 5.91 Å². The largest absolute Gasteiger partial charge is 0.316 e. The van der Waals surface area contributed by atoms with Crippen LogP contribution in [0.2, 0.25) is 0 Å². The average Bonchev–Trinajstić information content (AvgIpc) is 2.16. The lowest BCUT2D eigenvalue weighted by molar-refractivity contribution is -0.418. The summed E-state index contributed by atoms with van der Waals surface area (Å²) in [5.74, 6) is -2.01. The van der Waals surface area contributed by atoms with Crippen molar-refractivity contribution >= 4 is 18.0 Å². The summed E-state index contributed by atoms with van der Waals surface area (Å²) < 4.78 is 0. The number of allylic oxidation sites excluding steroid dienone is 1. The van der Waals surface area contributed by atoms with Crippen molar-refractivity contribution in [2.75, 3.05) is 0 Å². The van der Waals surface area contributed by atoms with Gasteiger partial charge in [0.25, 0.3) is 5.78 Å². The number of nitrogens with zero attached hydrogens (tertiary/aromatic N) is 2. The first kappa shape index (κ1) is 9.25. The van der Waals surface area contributed by atoms with Crippen LogP contribution in [0.4, 0.5) is 0 Å². The average molecular weight is 207 g/mol. The molecule has 1 heterocycles. The molecule has 0 saturated heterocycles. The van der Waals surface area contributed by atoms with Gasteiger partial charge in [0.05, 0.1) is 17.0 Å². The molecule has 0 aromatic carbocycles. The third-order valence-corrected chi connectivity index (χ3v) is 2.07. The molecule has 0 saturated carbocycles. The van der Waals surface area contributed by atoms with Gasteiger partial charge in [-0.15, -0.1) is 0 Å². The maximum atomic E-state index is 11.3. The summed E-state index contributed by atoms with van der Waals surface area (Å²) in [7, 11) is 0. The van der Waals surface area contributed by atoms with Crippen LogP contribution in [0.25, 0.3) is 0 Å². The van der Waals surface area contributed by atoms with Gasteiger partial charge < -0.3 is 5.32 Å². The minimum Gasteiger partial charge on any atom is -0.316 e. The molecular weight excluding hydrogens is 202 g/mol. The van der Waals surface area contributed by atoms with Gasteiger partial charge in [-0.1, -0.05) is 0 Å². The predicted octanol–water partition coefficient (Wildman–Crippen LogP) is -0.612. The second-order valence-corrected chi connectivity index (χ2v) is 2.99. The van der Waals surface area contributed by atoms with Gasteiger partial charge in [-0.05, 0) is 0 Å². The number of aliphatic imine (C=N–C) groups is 1. The van der Waals surface area contributed by atoms with E-state index in [-0.39, 0.29) is 5.70 Å². The van der Waals surface area contributed by atoms with E-state index in [0.29, 0.717) is 0 Å². The molecule has 1 aliphatic heterocycles. The fourth-order valence-corrected chi connectivity index (χ4v) is 1.36. The Hall–Kier alpha value is -2.31. The Morgan fingerprint density at radius 2 is 2.20 bits per heavy atom. The van der Waals surface area contributed by atoms with Crippen LogP contribution in [0.15, 0.2) is 28.5 Å². The van der Waals surface area contributed by atoms with Crippen LogP contribution >= 0.6 is 0 Å². The molecule has 15 heavy (non-hydrogen) atoms. The fourth-order valence-electron chi connectivity index (χ4n) is 1.36. The quantitative estimate of drug-likeness (QED) is 0.457. The van der Waals surface area contributed by atoms with Crippen molar-refractivity contribution in [3.63, 3.8) is 0 Å². The molecule has 2 rings (SSSR count). The Morgan fingerprint density at radius 1 is 1.47 bits per heavy atom. The zero-order chi connectivity index (χ0) is 11.0. The molecule has 1 amide bonds. The molecule has 7 heteroatoms. The lowest BCUT2D eigenvalue weighted by Crippen LogP contribution is -2.36.